The molecule has 1 aliphatic rings. The van der Waals surface area contributed by atoms with Crippen molar-refractivity contribution in [3.05, 3.63) is 22.8 Å². The number of allylic oxidation sites excluding steroid dienone is 4. The van der Waals surface area contributed by atoms with Crippen molar-refractivity contribution in [2.45, 2.75) is 33.6 Å². The van der Waals surface area contributed by atoms with E-state index < -0.39 is 0 Å². The lowest BCUT2D eigenvalue weighted by molar-refractivity contribution is -0.122. The maximum Gasteiger partial charge on any atom is 0.237 e. The largest absolute Gasteiger partial charge is 0.285 e. The van der Waals surface area contributed by atoms with Crippen LogP contribution in [0.1, 0.15) is 33.6 Å². The monoisotopic (exact) mass is 178 g/mol. The Labute approximate surface area is 78.3 Å². The number of hydrogen-bond donors (Lipinski definition) is 0. The predicted octanol–water partition coefficient (Wildman–Crippen LogP) is 2.20. The molecule has 0 atom stereocenters. The van der Waals surface area contributed by atoms with Crippen LogP contribution in [0.5, 0.6) is 0 Å². The molecule has 0 spiro atoms. The van der Waals surface area contributed by atoms with Crippen LogP contribution >= 0.6 is 0 Å². The van der Waals surface area contributed by atoms with Gasteiger partial charge in [-0.3, -0.25) is 9.59 Å². The third kappa shape index (κ3) is 2.38. The molecule has 1 saturated carbocycles. The molecule has 0 heterocycles. The van der Waals surface area contributed by atoms with E-state index >= 15 is 0 Å². The summed E-state index contributed by atoms with van der Waals surface area (Å²) < 4.78 is 0. The number of Topliss-reactive ketones (excluding diaryl/α,β-unsaturated/α-hetero) is 2. The molecule has 0 unspecified atom stereocenters. The van der Waals surface area contributed by atoms with Gasteiger partial charge in [0.05, 0.1) is 5.57 Å². The first kappa shape index (κ1) is 9.90. The van der Waals surface area contributed by atoms with Crippen LogP contribution in [0.3, 0.4) is 0 Å². The molecule has 0 bridgehead atoms. The van der Waals surface area contributed by atoms with Crippen LogP contribution < -0.4 is 0 Å². The summed E-state index contributed by atoms with van der Waals surface area (Å²) in [5.74, 6) is -0.565. The average molecular weight is 178 g/mol. The van der Waals surface area contributed by atoms with Crippen molar-refractivity contribution in [3.8, 4) is 0 Å². The van der Waals surface area contributed by atoms with Crippen LogP contribution in [-0.4, -0.2) is 11.6 Å². The van der Waals surface area contributed by atoms with Crippen LogP contribution in [-0.2, 0) is 9.59 Å². The smallest absolute Gasteiger partial charge is 0.237 e. The molecule has 0 radical (unpaired) electrons. The summed E-state index contributed by atoms with van der Waals surface area (Å²) in [5.41, 5.74) is 2.65. The van der Waals surface area contributed by atoms with Gasteiger partial charge in [-0.2, -0.15) is 0 Å². The average Bonchev–Trinajstić information content (AvgIpc) is 2.59. The summed E-state index contributed by atoms with van der Waals surface area (Å²) in [4.78, 5) is 21.5. The molecule has 1 rings (SSSR count). The molecule has 2 nitrogen and oxygen atoms in total. The molecule has 0 aromatic heterocycles. The molecule has 0 aromatic carbocycles. The fraction of sp³-hybridized carbons (Fsp3) is 0.455. The zero-order valence-corrected chi connectivity index (χ0v) is 8.31. The molecule has 0 amide bonds. The fourth-order valence-electron chi connectivity index (χ4n) is 1.24. The Balaban J connectivity index is 2.48. The van der Waals surface area contributed by atoms with Gasteiger partial charge in [0.2, 0.25) is 11.6 Å². The third-order valence-corrected chi connectivity index (χ3v) is 2.10. The van der Waals surface area contributed by atoms with Gasteiger partial charge in [0.25, 0.3) is 0 Å². The van der Waals surface area contributed by atoms with Crippen LogP contribution in [0.2, 0.25) is 0 Å². The van der Waals surface area contributed by atoms with Crippen molar-refractivity contribution in [2.24, 2.45) is 0 Å². The standard InChI is InChI=1S/C11H14O2/c1-7(2)5-4-6-8(3)9-10(12)11(9)13/h5H,4,6H2,1-3H3. The Kier molecular flexibility index (Phi) is 2.81. The summed E-state index contributed by atoms with van der Waals surface area (Å²) in [5, 5.41) is 0. The normalized spacial score (nSPS) is 14.5. The van der Waals surface area contributed by atoms with E-state index in [0.717, 1.165) is 18.4 Å². The molecule has 0 saturated heterocycles. The zero-order valence-electron chi connectivity index (χ0n) is 8.31. The highest BCUT2D eigenvalue weighted by atomic mass is 16.2. The van der Waals surface area contributed by atoms with Crippen LogP contribution in [0.4, 0.5) is 0 Å². The van der Waals surface area contributed by atoms with Gasteiger partial charge in [0.15, 0.2) is 0 Å². The minimum atomic E-state index is -0.283. The molecule has 0 aromatic rings. The number of carbonyl (C=O) groups is 2. The molecule has 0 aliphatic heterocycles. The minimum Gasteiger partial charge on any atom is -0.285 e. The van der Waals surface area contributed by atoms with Crippen LogP contribution in [0.15, 0.2) is 22.8 Å². The summed E-state index contributed by atoms with van der Waals surface area (Å²) in [6.45, 7) is 5.93. The Morgan fingerprint density at radius 2 is 1.69 bits per heavy atom. The van der Waals surface area contributed by atoms with Crippen molar-refractivity contribution in [2.75, 3.05) is 0 Å². The number of carbonyl (C=O) groups excluding carboxylic acids is 2. The Bertz CT molecular complexity index is 299. The van der Waals surface area contributed by atoms with E-state index in [4.69, 9.17) is 0 Å². The molecular weight excluding hydrogens is 164 g/mol. The Morgan fingerprint density at radius 3 is 2.08 bits per heavy atom. The second-order valence-corrected chi connectivity index (χ2v) is 3.63. The first-order valence-corrected chi connectivity index (χ1v) is 4.46. The second-order valence-electron chi connectivity index (χ2n) is 3.63. The number of hydrogen-bond acceptors (Lipinski definition) is 2. The lowest BCUT2D eigenvalue weighted by atomic mass is 10.1. The molecular formula is C11H14O2. The molecule has 1 fully saturated rings. The van der Waals surface area contributed by atoms with Crippen molar-refractivity contribution < 1.29 is 9.59 Å². The summed E-state index contributed by atoms with van der Waals surface area (Å²) in [7, 11) is 0. The van der Waals surface area contributed by atoms with E-state index in [-0.39, 0.29) is 11.6 Å². The Hall–Kier alpha value is -1.18. The van der Waals surface area contributed by atoms with E-state index in [2.05, 4.69) is 6.08 Å². The summed E-state index contributed by atoms with van der Waals surface area (Å²) >= 11 is 0. The highest BCUT2D eigenvalue weighted by Crippen LogP contribution is 2.24. The van der Waals surface area contributed by atoms with Gasteiger partial charge in [0.1, 0.15) is 0 Å². The SMILES string of the molecule is CC(C)=CCCC(C)=C1C(=O)C1=O. The van der Waals surface area contributed by atoms with Gasteiger partial charge >= 0.3 is 0 Å². The Morgan fingerprint density at radius 1 is 1.15 bits per heavy atom. The van der Waals surface area contributed by atoms with Crippen LogP contribution in [0, 0.1) is 0 Å². The van der Waals surface area contributed by atoms with Crippen LogP contribution in [0.25, 0.3) is 0 Å². The maximum absolute atomic E-state index is 10.7. The minimum absolute atomic E-state index is 0.283. The summed E-state index contributed by atoms with van der Waals surface area (Å²) in [6.07, 6.45) is 3.84. The van der Waals surface area contributed by atoms with Crippen molar-refractivity contribution in [3.63, 3.8) is 0 Å². The van der Waals surface area contributed by atoms with E-state index in [1.165, 1.54) is 5.57 Å². The summed E-state index contributed by atoms with van der Waals surface area (Å²) in [6, 6.07) is 0. The highest BCUT2D eigenvalue weighted by molar-refractivity contribution is 6.74. The molecule has 2 heteroatoms. The van der Waals surface area contributed by atoms with Gasteiger partial charge in [0, 0.05) is 0 Å². The van der Waals surface area contributed by atoms with E-state index in [0.29, 0.717) is 5.57 Å². The topological polar surface area (TPSA) is 34.1 Å². The van der Waals surface area contributed by atoms with Gasteiger partial charge in [-0.1, -0.05) is 17.2 Å². The van der Waals surface area contributed by atoms with Gasteiger partial charge in [-0.25, -0.2) is 0 Å². The van der Waals surface area contributed by atoms with Crippen molar-refractivity contribution in [1.82, 2.24) is 0 Å². The van der Waals surface area contributed by atoms with E-state index in [1.807, 2.05) is 20.8 Å². The fourth-order valence-corrected chi connectivity index (χ4v) is 1.24. The van der Waals surface area contributed by atoms with Crippen molar-refractivity contribution in [1.29, 1.82) is 0 Å². The first-order valence-electron chi connectivity index (χ1n) is 4.46. The quantitative estimate of drug-likeness (QED) is 0.287. The lowest BCUT2D eigenvalue weighted by Crippen LogP contribution is -1.78. The molecule has 13 heavy (non-hydrogen) atoms. The van der Waals surface area contributed by atoms with Gasteiger partial charge in [-0.05, 0) is 33.6 Å². The molecule has 0 N–H and O–H groups in total. The van der Waals surface area contributed by atoms with Gasteiger partial charge < -0.3 is 0 Å². The molecule has 1 aliphatic carbocycles. The maximum atomic E-state index is 10.7. The van der Waals surface area contributed by atoms with Gasteiger partial charge in [-0.15, -0.1) is 0 Å². The third-order valence-electron chi connectivity index (χ3n) is 2.10. The first-order chi connectivity index (χ1) is 6.04. The highest BCUT2D eigenvalue weighted by Gasteiger charge is 2.42. The lowest BCUT2D eigenvalue weighted by Gasteiger charge is -1.94. The second kappa shape index (κ2) is 3.69. The zero-order chi connectivity index (χ0) is 10.0. The number of ketones is 2. The van der Waals surface area contributed by atoms with E-state index in [1.54, 1.807) is 0 Å². The number of rotatable bonds is 3. The molecule has 70 valence electrons. The predicted molar refractivity (Wildman–Crippen MR) is 51.4 cm³/mol. The van der Waals surface area contributed by atoms with E-state index in [9.17, 15) is 9.59 Å². The van der Waals surface area contributed by atoms with Crippen molar-refractivity contribution >= 4 is 11.6 Å².